The number of nitrogens with two attached hydrogens (primary N) is 1. The molecule has 2 aromatic heterocycles. The van der Waals surface area contributed by atoms with Gasteiger partial charge in [-0.15, -0.1) is 0 Å². The van der Waals surface area contributed by atoms with Gasteiger partial charge in [-0.1, -0.05) is 6.07 Å². The van der Waals surface area contributed by atoms with E-state index in [1.807, 2.05) is 18.6 Å². The van der Waals surface area contributed by atoms with Gasteiger partial charge in [0.25, 0.3) is 0 Å². The van der Waals surface area contributed by atoms with Gasteiger partial charge in [0.15, 0.2) is 0 Å². The molecule has 1 aliphatic heterocycles. The van der Waals surface area contributed by atoms with Crippen molar-refractivity contribution in [1.82, 2.24) is 14.5 Å². The van der Waals surface area contributed by atoms with E-state index in [4.69, 9.17) is 5.73 Å². The van der Waals surface area contributed by atoms with Crippen LogP contribution in [0.1, 0.15) is 23.4 Å². The maximum absolute atomic E-state index is 5.95. The first-order chi connectivity index (χ1) is 8.33. The summed E-state index contributed by atoms with van der Waals surface area (Å²) in [6, 6.07) is 4.34. The molecule has 3 heterocycles. The maximum atomic E-state index is 5.95. The van der Waals surface area contributed by atoms with E-state index in [9.17, 15) is 0 Å². The lowest BCUT2D eigenvalue weighted by atomic mass is 10.0. The molecule has 1 unspecified atom stereocenters. The zero-order valence-electron chi connectivity index (χ0n) is 9.71. The minimum atomic E-state index is 0.281. The Kier molecular flexibility index (Phi) is 2.65. The Morgan fingerprint density at radius 2 is 2.41 bits per heavy atom. The Morgan fingerprint density at radius 3 is 3.24 bits per heavy atom. The molecule has 88 valence electrons. The van der Waals surface area contributed by atoms with Gasteiger partial charge in [-0.3, -0.25) is 4.98 Å². The predicted molar refractivity (Wildman–Crippen MR) is 65.6 cm³/mol. The molecule has 0 amide bonds. The first kappa shape index (κ1) is 10.5. The lowest BCUT2D eigenvalue weighted by Crippen LogP contribution is -2.31. The van der Waals surface area contributed by atoms with Crippen molar-refractivity contribution in [3.05, 3.63) is 47.8 Å². The highest BCUT2D eigenvalue weighted by molar-refractivity contribution is 5.23. The minimum Gasteiger partial charge on any atom is -0.333 e. The minimum absolute atomic E-state index is 0.281. The highest BCUT2D eigenvalue weighted by Gasteiger charge is 2.19. The average molecular weight is 228 g/mol. The Morgan fingerprint density at radius 1 is 1.47 bits per heavy atom. The third kappa shape index (κ3) is 2.08. The Balaban J connectivity index is 1.85. The molecule has 0 bridgehead atoms. The summed E-state index contributed by atoms with van der Waals surface area (Å²) in [5.74, 6) is 0. The predicted octanol–water partition coefficient (Wildman–Crippen LogP) is 1.14. The lowest BCUT2D eigenvalue weighted by Gasteiger charge is -2.21. The summed E-state index contributed by atoms with van der Waals surface area (Å²) < 4.78 is 2.19. The van der Waals surface area contributed by atoms with Crippen LogP contribution in [-0.2, 0) is 19.4 Å². The van der Waals surface area contributed by atoms with Crippen molar-refractivity contribution in [2.45, 2.75) is 31.8 Å². The molecule has 1 aliphatic rings. The SMILES string of the molecule is NC1CCc2c(Cc3cccnc3)ncn2C1. The van der Waals surface area contributed by atoms with E-state index in [0.29, 0.717) is 0 Å². The molecule has 2 aromatic rings. The van der Waals surface area contributed by atoms with Crippen molar-refractivity contribution in [2.24, 2.45) is 5.73 Å². The summed E-state index contributed by atoms with van der Waals surface area (Å²) in [7, 11) is 0. The van der Waals surface area contributed by atoms with Gasteiger partial charge in [0, 0.05) is 37.1 Å². The fraction of sp³-hybridized carbons (Fsp3) is 0.385. The van der Waals surface area contributed by atoms with E-state index in [1.54, 1.807) is 6.20 Å². The van der Waals surface area contributed by atoms with Gasteiger partial charge in [0.2, 0.25) is 0 Å². The van der Waals surface area contributed by atoms with Crippen LogP contribution in [0.3, 0.4) is 0 Å². The van der Waals surface area contributed by atoms with E-state index in [0.717, 1.165) is 25.8 Å². The number of aromatic nitrogens is 3. The number of imidazole rings is 1. The molecule has 1 atom stereocenters. The van der Waals surface area contributed by atoms with Crippen LogP contribution in [0.5, 0.6) is 0 Å². The van der Waals surface area contributed by atoms with Crippen molar-refractivity contribution >= 4 is 0 Å². The Labute approximate surface area is 101 Å². The van der Waals surface area contributed by atoms with E-state index in [2.05, 4.69) is 20.6 Å². The van der Waals surface area contributed by atoms with Crippen LogP contribution in [0.4, 0.5) is 0 Å². The van der Waals surface area contributed by atoms with Crippen molar-refractivity contribution in [2.75, 3.05) is 0 Å². The molecule has 0 aromatic carbocycles. The molecule has 3 rings (SSSR count). The van der Waals surface area contributed by atoms with Crippen LogP contribution in [0, 0.1) is 0 Å². The summed E-state index contributed by atoms with van der Waals surface area (Å²) in [6.07, 6.45) is 8.58. The van der Waals surface area contributed by atoms with Gasteiger partial charge in [0.1, 0.15) is 0 Å². The van der Waals surface area contributed by atoms with Crippen LogP contribution in [0.2, 0.25) is 0 Å². The number of pyridine rings is 1. The van der Waals surface area contributed by atoms with Crippen molar-refractivity contribution in [3.63, 3.8) is 0 Å². The van der Waals surface area contributed by atoms with Crippen LogP contribution in [0.15, 0.2) is 30.9 Å². The van der Waals surface area contributed by atoms with Crippen molar-refractivity contribution < 1.29 is 0 Å². The average Bonchev–Trinajstić information content (AvgIpc) is 2.73. The van der Waals surface area contributed by atoms with Gasteiger partial charge in [0.05, 0.1) is 12.0 Å². The van der Waals surface area contributed by atoms with Gasteiger partial charge in [-0.05, 0) is 24.5 Å². The molecule has 0 radical (unpaired) electrons. The van der Waals surface area contributed by atoms with E-state index in [-0.39, 0.29) is 6.04 Å². The van der Waals surface area contributed by atoms with Gasteiger partial charge in [-0.25, -0.2) is 4.98 Å². The fourth-order valence-corrected chi connectivity index (χ4v) is 2.40. The van der Waals surface area contributed by atoms with Gasteiger partial charge >= 0.3 is 0 Å². The number of hydrogen-bond donors (Lipinski definition) is 1. The van der Waals surface area contributed by atoms with Crippen LogP contribution >= 0.6 is 0 Å². The fourth-order valence-electron chi connectivity index (χ4n) is 2.40. The maximum Gasteiger partial charge on any atom is 0.0952 e. The second-order valence-corrected chi connectivity index (χ2v) is 4.63. The molecule has 0 aliphatic carbocycles. The largest absolute Gasteiger partial charge is 0.333 e. The summed E-state index contributed by atoms with van der Waals surface area (Å²) in [6.45, 7) is 0.898. The molecular formula is C13H16N4. The molecule has 4 heteroatoms. The second kappa shape index (κ2) is 4.30. The third-order valence-corrected chi connectivity index (χ3v) is 3.31. The number of rotatable bonds is 2. The summed E-state index contributed by atoms with van der Waals surface area (Å²) >= 11 is 0. The lowest BCUT2D eigenvalue weighted by molar-refractivity contribution is 0.459. The first-order valence-corrected chi connectivity index (χ1v) is 6.00. The highest BCUT2D eigenvalue weighted by atomic mass is 15.1. The van der Waals surface area contributed by atoms with Crippen LogP contribution in [0.25, 0.3) is 0 Å². The normalized spacial score (nSPS) is 19.0. The Hall–Kier alpha value is -1.68. The van der Waals surface area contributed by atoms with Gasteiger partial charge in [-0.2, -0.15) is 0 Å². The molecule has 0 saturated heterocycles. The second-order valence-electron chi connectivity index (χ2n) is 4.63. The summed E-state index contributed by atoms with van der Waals surface area (Å²) in [5.41, 5.74) is 9.68. The van der Waals surface area contributed by atoms with E-state index >= 15 is 0 Å². The molecule has 17 heavy (non-hydrogen) atoms. The van der Waals surface area contributed by atoms with Crippen molar-refractivity contribution in [1.29, 1.82) is 0 Å². The topological polar surface area (TPSA) is 56.7 Å². The smallest absolute Gasteiger partial charge is 0.0952 e. The van der Waals surface area contributed by atoms with Crippen LogP contribution < -0.4 is 5.73 Å². The first-order valence-electron chi connectivity index (χ1n) is 6.00. The van der Waals surface area contributed by atoms with Gasteiger partial charge < -0.3 is 10.3 Å². The molecule has 0 saturated carbocycles. The monoisotopic (exact) mass is 228 g/mol. The third-order valence-electron chi connectivity index (χ3n) is 3.31. The van der Waals surface area contributed by atoms with Crippen molar-refractivity contribution in [3.8, 4) is 0 Å². The van der Waals surface area contributed by atoms with Crippen LogP contribution in [-0.4, -0.2) is 20.6 Å². The highest BCUT2D eigenvalue weighted by Crippen LogP contribution is 2.19. The summed E-state index contributed by atoms with van der Waals surface area (Å²) in [4.78, 5) is 8.64. The number of hydrogen-bond acceptors (Lipinski definition) is 3. The van der Waals surface area contributed by atoms with E-state index in [1.165, 1.54) is 17.0 Å². The molecule has 0 spiro atoms. The summed E-state index contributed by atoms with van der Waals surface area (Å²) in [5, 5.41) is 0. The zero-order valence-corrected chi connectivity index (χ0v) is 9.71. The molecule has 0 fully saturated rings. The molecule has 2 N–H and O–H groups in total. The Bertz CT molecular complexity index is 503. The number of fused-ring (bicyclic) bond motifs is 1. The van der Waals surface area contributed by atoms with E-state index < -0.39 is 0 Å². The molecule has 4 nitrogen and oxygen atoms in total. The quantitative estimate of drug-likeness (QED) is 0.838. The standard InChI is InChI=1S/C13H16N4/c14-11-3-4-13-12(16-9-17(13)8-11)6-10-2-1-5-15-7-10/h1-2,5,7,9,11H,3-4,6,8,14H2. The zero-order chi connectivity index (χ0) is 11.7. The number of nitrogens with zero attached hydrogens (tertiary/aromatic N) is 3. The molecular weight excluding hydrogens is 212 g/mol.